The Morgan fingerprint density at radius 2 is 2.00 bits per heavy atom. The van der Waals surface area contributed by atoms with Crippen molar-refractivity contribution in [2.45, 2.75) is 33.1 Å². The highest BCUT2D eigenvalue weighted by atomic mass is 35.5. The molecular weight excluding hydrogens is 259 g/mol. The summed E-state index contributed by atoms with van der Waals surface area (Å²) in [6, 6.07) is 1.66. The van der Waals surface area contributed by atoms with Crippen LogP contribution in [0.3, 0.4) is 0 Å². The highest BCUT2D eigenvalue weighted by Gasteiger charge is 2.09. The molecule has 1 aromatic heterocycles. The molecule has 0 aromatic carbocycles. The zero-order chi connectivity index (χ0) is 12.7. The highest BCUT2D eigenvalue weighted by Crippen LogP contribution is 2.30. The standard InChI is InChI=1S/C12H18Cl2N2O/c1-3-5-7-17-12-10(14)8-9(13)11(16-12)15-6-4-2/h8H,3-7H2,1-2H3,(H,15,16). The first-order valence-corrected chi connectivity index (χ1v) is 6.67. The fourth-order valence-electron chi connectivity index (χ4n) is 1.23. The molecule has 1 aromatic rings. The van der Waals surface area contributed by atoms with Crippen LogP contribution in [-0.2, 0) is 0 Å². The first kappa shape index (κ1) is 14.4. The second-order valence-electron chi connectivity index (χ2n) is 3.73. The summed E-state index contributed by atoms with van der Waals surface area (Å²) in [7, 11) is 0. The SMILES string of the molecule is CCCCOc1nc(NCCC)c(Cl)cc1Cl. The predicted octanol–water partition coefficient (Wildman–Crippen LogP) is 4.39. The average molecular weight is 277 g/mol. The van der Waals surface area contributed by atoms with Gasteiger partial charge in [0.05, 0.1) is 11.6 Å². The monoisotopic (exact) mass is 276 g/mol. The maximum absolute atomic E-state index is 6.03. The van der Waals surface area contributed by atoms with Crippen molar-refractivity contribution < 1.29 is 4.74 Å². The van der Waals surface area contributed by atoms with E-state index in [2.05, 4.69) is 24.1 Å². The molecular formula is C12H18Cl2N2O. The normalized spacial score (nSPS) is 10.4. The van der Waals surface area contributed by atoms with Gasteiger partial charge in [-0.15, -0.1) is 0 Å². The third-order valence-corrected chi connectivity index (χ3v) is 2.74. The summed E-state index contributed by atoms with van der Waals surface area (Å²) in [4.78, 5) is 4.28. The number of rotatable bonds is 7. The molecule has 0 bridgehead atoms. The maximum Gasteiger partial charge on any atom is 0.234 e. The number of hydrogen-bond donors (Lipinski definition) is 1. The van der Waals surface area contributed by atoms with Crippen LogP contribution in [0.1, 0.15) is 33.1 Å². The van der Waals surface area contributed by atoms with Gasteiger partial charge in [0.25, 0.3) is 0 Å². The van der Waals surface area contributed by atoms with E-state index < -0.39 is 0 Å². The van der Waals surface area contributed by atoms with Gasteiger partial charge in [0.1, 0.15) is 10.8 Å². The van der Waals surface area contributed by atoms with Crippen LogP contribution in [0.25, 0.3) is 0 Å². The van der Waals surface area contributed by atoms with Gasteiger partial charge in [0.15, 0.2) is 0 Å². The number of anilines is 1. The molecule has 1 rings (SSSR count). The molecule has 5 heteroatoms. The van der Waals surface area contributed by atoms with E-state index in [0.29, 0.717) is 28.3 Å². The van der Waals surface area contributed by atoms with Crippen LogP contribution in [0.15, 0.2) is 6.07 Å². The van der Waals surface area contributed by atoms with Gasteiger partial charge in [-0.25, -0.2) is 0 Å². The van der Waals surface area contributed by atoms with Crippen LogP contribution in [0.5, 0.6) is 5.88 Å². The summed E-state index contributed by atoms with van der Waals surface area (Å²) < 4.78 is 5.51. The fraction of sp³-hybridized carbons (Fsp3) is 0.583. The Morgan fingerprint density at radius 3 is 2.65 bits per heavy atom. The van der Waals surface area contributed by atoms with E-state index in [9.17, 15) is 0 Å². The molecule has 0 aliphatic heterocycles. The zero-order valence-corrected chi connectivity index (χ0v) is 11.7. The molecule has 3 nitrogen and oxygen atoms in total. The number of ether oxygens (including phenoxy) is 1. The van der Waals surface area contributed by atoms with Crippen LogP contribution < -0.4 is 10.1 Å². The van der Waals surface area contributed by atoms with Gasteiger partial charge >= 0.3 is 0 Å². The minimum atomic E-state index is 0.447. The summed E-state index contributed by atoms with van der Waals surface area (Å²) >= 11 is 12.0. The molecule has 0 fully saturated rings. The lowest BCUT2D eigenvalue weighted by Crippen LogP contribution is -2.05. The lowest BCUT2D eigenvalue weighted by molar-refractivity contribution is 0.298. The molecule has 0 saturated heterocycles. The number of nitrogens with zero attached hydrogens (tertiary/aromatic N) is 1. The molecule has 1 heterocycles. The molecule has 17 heavy (non-hydrogen) atoms. The Morgan fingerprint density at radius 1 is 1.24 bits per heavy atom. The van der Waals surface area contributed by atoms with Crippen LogP contribution in [-0.4, -0.2) is 18.1 Å². The number of unbranched alkanes of at least 4 members (excludes halogenated alkanes) is 1. The molecule has 0 aliphatic rings. The number of aromatic nitrogens is 1. The van der Waals surface area contributed by atoms with E-state index in [1.165, 1.54) is 0 Å². The summed E-state index contributed by atoms with van der Waals surface area (Å²) in [5.41, 5.74) is 0. The van der Waals surface area contributed by atoms with E-state index in [0.717, 1.165) is 25.8 Å². The Kier molecular flexibility index (Phi) is 6.45. The number of halogens is 2. The first-order valence-electron chi connectivity index (χ1n) is 5.91. The van der Waals surface area contributed by atoms with E-state index >= 15 is 0 Å². The van der Waals surface area contributed by atoms with Crippen molar-refractivity contribution in [2.75, 3.05) is 18.5 Å². The number of nitrogens with one attached hydrogen (secondary N) is 1. The van der Waals surface area contributed by atoms with Crippen molar-refractivity contribution in [1.29, 1.82) is 0 Å². The largest absolute Gasteiger partial charge is 0.477 e. The molecule has 0 unspecified atom stereocenters. The van der Waals surface area contributed by atoms with E-state index in [1.54, 1.807) is 6.07 Å². The highest BCUT2D eigenvalue weighted by molar-refractivity contribution is 6.36. The van der Waals surface area contributed by atoms with Crippen molar-refractivity contribution in [3.05, 3.63) is 16.1 Å². The lowest BCUT2D eigenvalue weighted by atomic mass is 10.4. The van der Waals surface area contributed by atoms with Gasteiger partial charge in [0.2, 0.25) is 5.88 Å². The van der Waals surface area contributed by atoms with Crippen LogP contribution in [0.2, 0.25) is 10.0 Å². The van der Waals surface area contributed by atoms with Gasteiger partial charge in [-0.05, 0) is 18.9 Å². The quantitative estimate of drug-likeness (QED) is 0.750. The van der Waals surface area contributed by atoms with Crippen LogP contribution in [0.4, 0.5) is 5.82 Å². The van der Waals surface area contributed by atoms with Gasteiger partial charge in [0, 0.05) is 6.54 Å². The first-order chi connectivity index (χ1) is 8.19. The van der Waals surface area contributed by atoms with E-state index in [1.807, 2.05) is 0 Å². The van der Waals surface area contributed by atoms with Gasteiger partial charge < -0.3 is 10.1 Å². The summed E-state index contributed by atoms with van der Waals surface area (Å²) in [6.07, 6.45) is 3.07. The summed E-state index contributed by atoms with van der Waals surface area (Å²) in [5.74, 6) is 1.08. The minimum Gasteiger partial charge on any atom is -0.477 e. The number of hydrogen-bond acceptors (Lipinski definition) is 3. The molecule has 0 atom stereocenters. The van der Waals surface area contributed by atoms with Crippen molar-refractivity contribution in [2.24, 2.45) is 0 Å². The second kappa shape index (κ2) is 7.62. The van der Waals surface area contributed by atoms with Crippen molar-refractivity contribution in [3.63, 3.8) is 0 Å². The summed E-state index contributed by atoms with van der Waals surface area (Å²) in [6.45, 7) is 5.63. The molecule has 1 N–H and O–H groups in total. The Hall–Kier alpha value is -0.670. The van der Waals surface area contributed by atoms with Crippen LogP contribution >= 0.6 is 23.2 Å². The Bertz CT molecular complexity index is 359. The van der Waals surface area contributed by atoms with Gasteiger partial charge in [-0.1, -0.05) is 43.5 Å². The lowest BCUT2D eigenvalue weighted by Gasteiger charge is -2.11. The summed E-state index contributed by atoms with van der Waals surface area (Å²) in [5, 5.41) is 4.11. The predicted molar refractivity (Wildman–Crippen MR) is 73.4 cm³/mol. The molecule has 96 valence electrons. The molecule has 0 saturated carbocycles. The third-order valence-electron chi connectivity index (χ3n) is 2.18. The average Bonchev–Trinajstić information content (AvgIpc) is 2.31. The third kappa shape index (κ3) is 4.60. The van der Waals surface area contributed by atoms with Gasteiger partial charge in [-0.2, -0.15) is 4.98 Å². The van der Waals surface area contributed by atoms with Crippen LogP contribution in [0, 0.1) is 0 Å². The molecule has 0 spiro atoms. The van der Waals surface area contributed by atoms with Gasteiger partial charge in [-0.3, -0.25) is 0 Å². The number of pyridine rings is 1. The minimum absolute atomic E-state index is 0.447. The van der Waals surface area contributed by atoms with Crippen molar-refractivity contribution in [1.82, 2.24) is 4.98 Å². The van der Waals surface area contributed by atoms with Crippen molar-refractivity contribution >= 4 is 29.0 Å². The van der Waals surface area contributed by atoms with E-state index in [-0.39, 0.29) is 0 Å². The second-order valence-corrected chi connectivity index (χ2v) is 4.55. The zero-order valence-electron chi connectivity index (χ0n) is 10.2. The molecule has 0 radical (unpaired) electrons. The Labute approximate surface area is 112 Å². The fourth-order valence-corrected chi connectivity index (χ4v) is 1.71. The topological polar surface area (TPSA) is 34.1 Å². The maximum atomic E-state index is 6.03. The van der Waals surface area contributed by atoms with E-state index in [4.69, 9.17) is 27.9 Å². The molecule has 0 aliphatic carbocycles. The smallest absolute Gasteiger partial charge is 0.234 e. The van der Waals surface area contributed by atoms with Crippen molar-refractivity contribution in [3.8, 4) is 5.88 Å². The molecule has 0 amide bonds. The Balaban J connectivity index is 2.74.